The Kier molecular flexibility index (Phi) is 3.71. The third-order valence-corrected chi connectivity index (χ3v) is 3.44. The van der Waals surface area contributed by atoms with Crippen LogP contribution in [-0.2, 0) is 6.42 Å². The van der Waals surface area contributed by atoms with Gasteiger partial charge in [-0.1, -0.05) is 57.2 Å². The summed E-state index contributed by atoms with van der Waals surface area (Å²) in [5.41, 5.74) is 12.0. The van der Waals surface area contributed by atoms with Gasteiger partial charge in [0.2, 0.25) is 0 Å². The van der Waals surface area contributed by atoms with E-state index in [4.69, 9.17) is 5.73 Å². The lowest BCUT2D eigenvalue weighted by atomic mass is 9.97. The Labute approximate surface area is 110 Å². The van der Waals surface area contributed by atoms with Gasteiger partial charge in [-0.3, -0.25) is 0 Å². The van der Waals surface area contributed by atoms with E-state index in [-0.39, 0.29) is 0 Å². The second-order valence-corrected chi connectivity index (χ2v) is 5.04. The maximum absolute atomic E-state index is 6.05. The summed E-state index contributed by atoms with van der Waals surface area (Å²) in [4.78, 5) is 0. The number of hydrogen-bond acceptors (Lipinski definition) is 1. The van der Waals surface area contributed by atoms with Gasteiger partial charge in [0, 0.05) is 5.69 Å². The van der Waals surface area contributed by atoms with Crippen LogP contribution in [0.1, 0.15) is 37.8 Å². The smallest absolute Gasteiger partial charge is 0.0352 e. The van der Waals surface area contributed by atoms with Crippen LogP contribution < -0.4 is 5.73 Å². The van der Waals surface area contributed by atoms with Gasteiger partial charge in [0.05, 0.1) is 0 Å². The summed E-state index contributed by atoms with van der Waals surface area (Å²) in [5, 5.41) is 0. The zero-order valence-corrected chi connectivity index (χ0v) is 11.4. The van der Waals surface area contributed by atoms with Gasteiger partial charge >= 0.3 is 0 Å². The van der Waals surface area contributed by atoms with Gasteiger partial charge in [-0.15, -0.1) is 0 Å². The van der Waals surface area contributed by atoms with Crippen molar-refractivity contribution < 1.29 is 0 Å². The molecule has 0 aliphatic heterocycles. The fraction of sp³-hybridized carbons (Fsp3) is 0.294. The second-order valence-electron chi connectivity index (χ2n) is 5.04. The Bertz CT molecular complexity index is 524. The van der Waals surface area contributed by atoms with E-state index in [1.54, 1.807) is 0 Å². The molecule has 0 unspecified atom stereocenters. The van der Waals surface area contributed by atoms with Gasteiger partial charge in [0.1, 0.15) is 0 Å². The maximum Gasteiger partial charge on any atom is 0.0352 e. The highest BCUT2D eigenvalue weighted by Gasteiger charge is 2.03. The van der Waals surface area contributed by atoms with E-state index in [1.165, 1.54) is 22.3 Å². The first-order valence-corrected chi connectivity index (χ1v) is 6.60. The molecule has 1 heteroatoms. The molecule has 1 nitrogen and oxygen atoms in total. The van der Waals surface area contributed by atoms with Crippen LogP contribution in [0.5, 0.6) is 0 Å². The summed E-state index contributed by atoms with van der Waals surface area (Å²) >= 11 is 0. The van der Waals surface area contributed by atoms with Crippen LogP contribution in [0.3, 0.4) is 0 Å². The van der Waals surface area contributed by atoms with Crippen molar-refractivity contribution in [2.24, 2.45) is 0 Å². The number of aryl methyl sites for hydroxylation is 1. The van der Waals surface area contributed by atoms with Crippen molar-refractivity contribution in [1.82, 2.24) is 0 Å². The Morgan fingerprint density at radius 3 is 2.06 bits per heavy atom. The van der Waals surface area contributed by atoms with Gasteiger partial charge in [0.25, 0.3) is 0 Å². The quantitative estimate of drug-likeness (QED) is 0.777. The fourth-order valence-electron chi connectivity index (χ4n) is 2.16. The predicted octanol–water partition coefficient (Wildman–Crippen LogP) is 4.62. The van der Waals surface area contributed by atoms with E-state index in [0.29, 0.717) is 5.92 Å². The van der Waals surface area contributed by atoms with E-state index < -0.39 is 0 Å². The molecule has 0 saturated heterocycles. The summed E-state index contributed by atoms with van der Waals surface area (Å²) in [7, 11) is 0. The lowest BCUT2D eigenvalue weighted by molar-refractivity contribution is 0.867. The molecule has 18 heavy (non-hydrogen) atoms. The molecule has 0 fully saturated rings. The van der Waals surface area contributed by atoms with Crippen LogP contribution in [0.4, 0.5) is 5.69 Å². The molecule has 0 saturated carbocycles. The zero-order chi connectivity index (χ0) is 13.1. The molecule has 0 atom stereocenters. The van der Waals surface area contributed by atoms with Crippen molar-refractivity contribution >= 4 is 5.69 Å². The van der Waals surface area contributed by atoms with Crippen molar-refractivity contribution in [3.63, 3.8) is 0 Å². The van der Waals surface area contributed by atoms with Crippen LogP contribution in [0.25, 0.3) is 11.1 Å². The lowest BCUT2D eigenvalue weighted by Crippen LogP contribution is -1.93. The Hall–Kier alpha value is -1.76. The van der Waals surface area contributed by atoms with Crippen LogP contribution in [0.15, 0.2) is 42.5 Å². The Morgan fingerprint density at radius 2 is 1.56 bits per heavy atom. The summed E-state index contributed by atoms with van der Waals surface area (Å²) in [5.74, 6) is 0.576. The van der Waals surface area contributed by atoms with Crippen LogP contribution >= 0.6 is 0 Å². The first-order chi connectivity index (χ1) is 8.61. The standard InChI is InChI=1S/C17H21N/c1-4-13-5-10-16(11-17(13)18)15-8-6-14(7-9-15)12(2)3/h5-12H,4,18H2,1-3H3. The molecule has 2 aromatic carbocycles. The van der Waals surface area contributed by atoms with E-state index in [0.717, 1.165) is 12.1 Å². The SMILES string of the molecule is CCc1ccc(-c2ccc(C(C)C)cc2)cc1N. The first-order valence-electron chi connectivity index (χ1n) is 6.60. The molecule has 2 N–H and O–H groups in total. The summed E-state index contributed by atoms with van der Waals surface area (Å²) in [6.07, 6.45) is 0.985. The van der Waals surface area contributed by atoms with Gasteiger partial charge in [-0.25, -0.2) is 0 Å². The van der Waals surface area contributed by atoms with E-state index in [1.807, 2.05) is 0 Å². The topological polar surface area (TPSA) is 26.0 Å². The average molecular weight is 239 g/mol. The predicted molar refractivity (Wildman–Crippen MR) is 79.8 cm³/mol. The van der Waals surface area contributed by atoms with Crippen molar-refractivity contribution in [1.29, 1.82) is 0 Å². The highest BCUT2D eigenvalue weighted by Crippen LogP contribution is 2.26. The highest BCUT2D eigenvalue weighted by atomic mass is 14.6. The summed E-state index contributed by atoms with van der Waals surface area (Å²) < 4.78 is 0. The van der Waals surface area contributed by atoms with Gasteiger partial charge in [-0.05, 0) is 40.7 Å². The lowest BCUT2D eigenvalue weighted by Gasteiger charge is -2.09. The molecule has 2 aromatic rings. The van der Waals surface area contributed by atoms with E-state index >= 15 is 0 Å². The molecular formula is C17H21N. The monoisotopic (exact) mass is 239 g/mol. The molecular weight excluding hydrogens is 218 g/mol. The van der Waals surface area contributed by atoms with Gasteiger partial charge < -0.3 is 5.73 Å². The molecule has 0 bridgehead atoms. The minimum absolute atomic E-state index is 0.576. The van der Waals surface area contributed by atoms with Crippen molar-refractivity contribution in [2.75, 3.05) is 5.73 Å². The van der Waals surface area contributed by atoms with Crippen molar-refractivity contribution in [3.8, 4) is 11.1 Å². The largest absolute Gasteiger partial charge is 0.398 e. The third kappa shape index (κ3) is 2.56. The summed E-state index contributed by atoms with van der Waals surface area (Å²) in [6, 6.07) is 15.1. The number of nitrogens with two attached hydrogens (primary N) is 1. The third-order valence-electron chi connectivity index (χ3n) is 3.44. The first kappa shape index (κ1) is 12.7. The van der Waals surface area contributed by atoms with Crippen LogP contribution in [0.2, 0.25) is 0 Å². The highest BCUT2D eigenvalue weighted by molar-refractivity contribution is 5.69. The minimum Gasteiger partial charge on any atom is -0.398 e. The number of benzene rings is 2. The van der Waals surface area contributed by atoms with Gasteiger partial charge in [0.15, 0.2) is 0 Å². The van der Waals surface area contributed by atoms with E-state index in [2.05, 4.69) is 63.2 Å². The molecule has 0 radical (unpaired) electrons. The number of nitrogen functional groups attached to an aromatic ring is 1. The second kappa shape index (κ2) is 5.26. The number of hydrogen-bond donors (Lipinski definition) is 1. The fourth-order valence-corrected chi connectivity index (χ4v) is 2.16. The zero-order valence-electron chi connectivity index (χ0n) is 11.4. The molecule has 94 valence electrons. The minimum atomic E-state index is 0.576. The van der Waals surface area contributed by atoms with Crippen molar-refractivity contribution in [2.45, 2.75) is 33.1 Å². The van der Waals surface area contributed by atoms with E-state index in [9.17, 15) is 0 Å². The maximum atomic E-state index is 6.05. The normalized spacial score (nSPS) is 10.9. The Morgan fingerprint density at radius 1 is 0.944 bits per heavy atom. The number of rotatable bonds is 3. The Balaban J connectivity index is 2.34. The van der Waals surface area contributed by atoms with Gasteiger partial charge in [-0.2, -0.15) is 0 Å². The summed E-state index contributed by atoms with van der Waals surface area (Å²) in [6.45, 7) is 6.55. The molecule has 0 spiro atoms. The van der Waals surface area contributed by atoms with Crippen LogP contribution in [-0.4, -0.2) is 0 Å². The average Bonchev–Trinajstić information content (AvgIpc) is 2.38. The van der Waals surface area contributed by atoms with Crippen molar-refractivity contribution in [3.05, 3.63) is 53.6 Å². The molecule has 0 aliphatic carbocycles. The molecule has 0 heterocycles. The van der Waals surface area contributed by atoms with Crippen LogP contribution in [0, 0.1) is 0 Å². The molecule has 0 amide bonds. The number of anilines is 1. The molecule has 0 aliphatic rings. The molecule has 0 aromatic heterocycles. The molecule has 2 rings (SSSR count).